The average molecular weight is 359 g/mol. The second kappa shape index (κ2) is 7.40. The van der Waals surface area contributed by atoms with Crippen molar-refractivity contribution >= 4 is 23.2 Å². The normalized spacial score (nSPS) is 19.4. The first kappa shape index (κ1) is 19.2. The number of nitriles is 1. The van der Waals surface area contributed by atoms with E-state index >= 15 is 0 Å². The fourth-order valence-electron chi connectivity index (χ4n) is 2.56. The number of para-hydroxylation sites is 1. The van der Waals surface area contributed by atoms with Gasteiger partial charge in [-0.3, -0.25) is 4.99 Å². The lowest BCUT2D eigenvalue weighted by Crippen LogP contribution is -2.45. The molecule has 0 aliphatic carbocycles. The number of rotatable bonds is 5. The molecule has 1 fully saturated rings. The maximum absolute atomic E-state index is 9.05. The van der Waals surface area contributed by atoms with E-state index in [-0.39, 0.29) is 18.0 Å². The van der Waals surface area contributed by atoms with Gasteiger partial charge in [-0.15, -0.1) is 0 Å². The predicted molar refractivity (Wildman–Crippen MR) is 105 cm³/mol. The zero-order valence-electron chi connectivity index (χ0n) is 15.5. The summed E-state index contributed by atoms with van der Waals surface area (Å²) in [4.78, 5) is 6.80. The van der Waals surface area contributed by atoms with Gasteiger partial charge in [0.25, 0.3) is 0 Å². The molecule has 1 saturated heterocycles. The first-order chi connectivity index (χ1) is 11.7. The molecule has 0 spiro atoms. The molecular formula is C19H26N4OS. The molecule has 1 aliphatic heterocycles. The topological polar surface area (TPSA) is 60.6 Å². The van der Waals surface area contributed by atoms with E-state index in [1.165, 1.54) is 0 Å². The van der Waals surface area contributed by atoms with Crippen LogP contribution in [0, 0.1) is 16.7 Å². The quantitative estimate of drug-likeness (QED) is 0.646. The van der Waals surface area contributed by atoms with Crippen molar-refractivity contribution in [2.24, 2.45) is 10.4 Å². The van der Waals surface area contributed by atoms with E-state index in [9.17, 15) is 0 Å². The number of nitrogens with one attached hydrogen (secondary N) is 1. The van der Waals surface area contributed by atoms with Crippen molar-refractivity contribution < 1.29 is 4.74 Å². The van der Waals surface area contributed by atoms with E-state index in [4.69, 9.17) is 27.2 Å². The third-order valence-corrected chi connectivity index (χ3v) is 4.71. The van der Waals surface area contributed by atoms with Gasteiger partial charge in [0.2, 0.25) is 0 Å². The number of benzene rings is 1. The molecule has 25 heavy (non-hydrogen) atoms. The van der Waals surface area contributed by atoms with Gasteiger partial charge in [-0.1, -0.05) is 39.0 Å². The Hall–Kier alpha value is -2.13. The van der Waals surface area contributed by atoms with Crippen molar-refractivity contribution in [3.63, 3.8) is 0 Å². The summed E-state index contributed by atoms with van der Waals surface area (Å²) in [5.41, 5.74) is -0.521. The number of amidine groups is 1. The van der Waals surface area contributed by atoms with Crippen LogP contribution in [-0.2, 0) is 0 Å². The molecule has 1 aromatic rings. The van der Waals surface area contributed by atoms with Gasteiger partial charge in [-0.05, 0) is 43.6 Å². The van der Waals surface area contributed by atoms with Crippen LogP contribution in [0.3, 0.4) is 0 Å². The standard InChI is InChI=1S/C19H26N4OS/c1-18(2,3)15(13-24-14-9-7-6-8-10-14)21-16-19(4,5)23(12-11-20)17(25)22-16/h6-10,15H,12-13H2,1-5H3,(H,21,22,25). The Balaban J connectivity index is 2.23. The SMILES string of the molecule is CC(C)(C)C(COc1ccccc1)N=C1NC(=S)N(CC#N)C1(C)C. The van der Waals surface area contributed by atoms with Gasteiger partial charge in [0.1, 0.15) is 24.7 Å². The van der Waals surface area contributed by atoms with E-state index in [1.54, 1.807) is 0 Å². The third-order valence-electron chi connectivity index (χ3n) is 4.39. The van der Waals surface area contributed by atoms with E-state index in [0.29, 0.717) is 11.7 Å². The lowest BCUT2D eigenvalue weighted by molar-refractivity contribution is 0.205. The summed E-state index contributed by atoms with van der Waals surface area (Å²) in [5, 5.41) is 12.8. The highest BCUT2D eigenvalue weighted by Gasteiger charge is 2.42. The molecule has 0 amide bonds. The summed E-state index contributed by atoms with van der Waals surface area (Å²) >= 11 is 5.37. The smallest absolute Gasteiger partial charge is 0.176 e. The summed E-state index contributed by atoms with van der Waals surface area (Å²) in [6, 6.07) is 11.9. The Morgan fingerprint density at radius 1 is 1.32 bits per heavy atom. The van der Waals surface area contributed by atoms with Crippen LogP contribution < -0.4 is 10.1 Å². The molecule has 0 aromatic heterocycles. The minimum Gasteiger partial charge on any atom is -0.491 e. The average Bonchev–Trinajstić information content (AvgIpc) is 2.74. The van der Waals surface area contributed by atoms with Gasteiger partial charge in [0.05, 0.1) is 17.6 Å². The van der Waals surface area contributed by atoms with Gasteiger partial charge >= 0.3 is 0 Å². The predicted octanol–water partition coefficient (Wildman–Crippen LogP) is 3.37. The van der Waals surface area contributed by atoms with Crippen molar-refractivity contribution in [3.8, 4) is 11.8 Å². The number of aliphatic imine (C=N–C) groups is 1. The van der Waals surface area contributed by atoms with Crippen LogP contribution >= 0.6 is 12.2 Å². The van der Waals surface area contributed by atoms with Crippen LogP contribution in [0.5, 0.6) is 5.75 Å². The molecule has 1 aliphatic rings. The molecule has 5 nitrogen and oxygen atoms in total. The van der Waals surface area contributed by atoms with Crippen LogP contribution in [0.1, 0.15) is 34.6 Å². The Morgan fingerprint density at radius 3 is 2.52 bits per heavy atom. The number of thiocarbonyl (C=S) groups is 1. The van der Waals surface area contributed by atoms with Crippen molar-refractivity contribution in [2.75, 3.05) is 13.2 Å². The minimum absolute atomic E-state index is 0.0562. The molecule has 6 heteroatoms. The highest BCUT2D eigenvalue weighted by atomic mass is 32.1. The number of nitrogens with zero attached hydrogens (tertiary/aromatic N) is 3. The molecular weight excluding hydrogens is 332 g/mol. The fraction of sp³-hybridized carbons (Fsp3) is 0.526. The molecule has 1 aromatic carbocycles. The molecule has 2 rings (SSSR count). The zero-order valence-corrected chi connectivity index (χ0v) is 16.4. The molecule has 134 valence electrons. The van der Waals surface area contributed by atoms with Gasteiger partial charge in [0.15, 0.2) is 5.11 Å². The van der Waals surface area contributed by atoms with Gasteiger partial charge < -0.3 is 15.0 Å². The third kappa shape index (κ3) is 4.49. The fourth-order valence-corrected chi connectivity index (χ4v) is 2.95. The van der Waals surface area contributed by atoms with Crippen LogP contribution in [0.2, 0.25) is 0 Å². The van der Waals surface area contributed by atoms with E-state index < -0.39 is 5.54 Å². The highest BCUT2D eigenvalue weighted by Crippen LogP contribution is 2.28. The van der Waals surface area contributed by atoms with Crippen LogP contribution in [0.4, 0.5) is 0 Å². The molecule has 0 radical (unpaired) electrons. The molecule has 0 bridgehead atoms. The lowest BCUT2D eigenvalue weighted by Gasteiger charge is -2.32. The largest absolute Gasteiger partial charge is 0.491 e. The molecule has 0 saturated carbocycles. The second-order valence-electron chi connectivity index (χ2n) is 7.72. The second-order valence-corrected chi connectivity index (χ2v) is 8.10. The van der Waals surface area contributed by atoms with Crippen molar-refractivity contribution in [2.45, 2.75) is 46.2 Å². The Labute approximate surface area is 155 Å². The molecule has 1 atom stereocenters. The molecule has 1 heterocycles. The van der Waals surface area contributed by atoms with E-state index in [1.807, 2.05) is 49.1 Å². The van der Waals surface area contributed by atoms with Crippen molar-refractivity contribution in [3.05, 3.63) is 30.3 Å². The molecule has 1 unspecified atom stereocenters. The number of hydrogen-bond acceptors (Lipinski definition) is 4. The summed E-state index contributed by atoms with van der Waals surface area (Å²) in [6.07, 6.45) is 0. The molecule has 1 N–H and O–H groups in total. The van der Waals surface area contributed by atoms with Gasteiger partial charge in [-0.2, -0.15) is 5.26 Å². The first-order valence-electron chi connectivity index (χ1n) is 8.38. The zero-order chi connectivity index (χ0) is 18.7. The summed E-state index contributed by atoms with van der Waals surface area (Å²) in [6.45, 7) is 11.2. The Morgan fingerprint density at radius 2 is 1.96 bits per heavy atom. The maximum atomic E-state index is 9.05. The van der Waals surface area contributed by atoms with E-state index in [0.717, 1.165) is 11.6 Å². The highest BCUT2D eigenvalue weighted by molar-refractivity contribution is 7.80. The van der Waals surface area contributed by atoms with Crippen molar-refractivity contribution in [1.82, 2.24) is 10.2 Å². The van der Waals surface area contributed by atoms with Crippen LogP contribution in [0.15, 0.2) is 35.3 Å². The summed E-state index contributed by atoms with van der Waals surface area (Å²) in [5.74, 6) is 1.61. The summed E-state index contributed by atoms with van der Waals surface area (Å²) in [7, 11) is 0. The Bertz CT molecular complexity index is 686. The van der Waals surface area contributed by atoms with Crippen molar-refractivity contribution in [1.29, 1.82) is 5.26 Å². The number of hydrogen-bond donors (Lipinski definition) is 1. The number of ether oxygens (including phenoxy) is 1. The Kier molecular flexibility index (Phi) is 5.69. The van der Waals surface area contributed by atoms with Gasteiger partial charge in [0, 0.05) is 0 Å². The van der Waals surface area contributed by atoms with Crippen LogP contribution in [-0.4, -0.2) is 40.6 Å². The first-order valence-corrected chi connectivity index (χ1v) is 8.79. The minimum atomic E-state index is -0.441. The maximum Gasteiger partial charge on any atom is 0.176 e. The summed E-state index contributed by atoms with van der Waals surface area (Å²) < 4.78 is 5.94. The lowest BCUT2D eigenvalue weighted by atomic mass is 9.87. The van der Waals surface area contributed by atoms with Gasteiger partial charge in [-0.25, -0.2) is 0 Å². The monoisotopic (exact) mass is 358 g/mol. The van der Waals surface area contributed by atoms with E-state index in [2.05, 4.69) is 32.2 Å². The van der Waals surface area contributed by atoms with Crippen LogP contribution in [0.25, 0.3) is 0 Å².